The van der Waals surface area contributed by atoms with Crippen LogP contribution >= 0.6 is 11.6 Å². The van der Waals surface area contributed by atoms with Gasteiger partial charge in [-0.15, -0.1) is 0 Å². The number of hydrogen-bond donors (Lipinski definition) is 2. The monoisotopic (exact) mass is 469 g/mol. The Morgan fingerprint density at radius 2 is 2.00 bits per heavy atom. The summed E-state index contributed by atoms with van der Waals surface area (Å²) in [5.74, 6) is 1.29. The molecule has 0 aliphatic carbocycles. The highest BCUT2D eigenvalue weighted by atomic mass is 35.5. The molecule has 0 unspecified atom stereocenters. The van der Waals surface area contributed by atoms with Crippen LogP contribution in [0.1, 0.15) is 16.8 Å². The molecule has 33 heavy (non-hydrogen) atoms. The van der Waals surface area contributed by atoms with Gasteiger partial charge in [0.25, 0.3) is 0 Å². The van der Waals surface area contributed by atoms with Crippen molar-refractivity contribution in [2.24, 2.45) is 0 Å². The summed E-state index contributed by atoms with van der Waals surface area (Å²) in [6.07, 6.45) is 0. The summed E-state index contributed by atoms with van der Waals surface area (Å²) in [7, 11) is 1.62. The number of urea groups is 1. The molecule has 1 aromatic heterocycles. The number of aryl methyl sites for hydroxylation is 1. The number of nitrogens with one attached hydrogen (secondary N) is 2. The molecular formula is C24H28ClN5O3. The van der Waals surface area contributed by atoms with Gasteiger partial charge in [0.05, 0.1) is 18.5 Å². The Morgan fingerprint density at radius 3 is 2.73 bits per heavy atom. The predicted molar refractivity (Wildman–Crippen MR) is 127 cm³/mol. The third-order valence-corrected chi connectivity index (χ3v) is 5.94. The summed E-state index contributed by atoms with van der Waals surface area (Å²) in [6.45, 7) is 5.74. The normalized spacial score (nSPS) is 13.3. The number of methoxy groups -OCH3 is 1. The highest BCUT2D eigenvalue weighted by molar-refractivity contribution is 6.30. The first-order valence-electron chi connectivity index (χ1n) is 10.9. The maximum absolute atomic E-state index is 11.6. The Balaban J connectivity index is 1.36. The SMILES string of the molecule is COc1cc(CNCCN2CCNC2=O)ccc1OCc1c(C)nn(-c2ccccc2)c1Cl. The Bertz CT molecular complexity index is 1100. The Hall–Kier alpha value is -3.23. The van der Waals surface area contributed by atoms with Crippen LogP contribution < -0.4 is 20.1 Å². The van der Waals surface area contributed by atoms with Crippen LogP contribution in [-0.4, -0.2) is 54.0 Å². The van der Waals surface area contributed by atoms with Crippen LogP contribution in [-0.2, 0) is 13.2 Å². The largest absolute Gasteiger partial charge is 0.493 e. The quantitative estimate of drug-likeness (QED) is 0.444. The summed E-state index contributed by atoms with van der Waals surface area (Å²) in [4.78, 5) is 13.4. The first-order chi connectivity index (χ1) is 16.1. The molecule has 2 amide bonds. The molecule has 1 aliphatic rings. The number of benzene rings is 2. The van der Waals surface area contributed by atoms with E-state index in [4.69, 9.17) is 21.1 Å². The molecule has 2 N–H and O–H groups in total. The molecule has 2 aromatic carbocycles. The number of para-hydroxylation sites is 1. The summed E-state index contributed by atoms with van der Waals surface area (Å²) < 4.78 is 13.3. The van der Waals surface area contributed by atoms with Gasteiger partial charge < -0.3 is 25.0 Å². The van der Waals surface area contributed by atoms with Crippen molar-refractivity contribution in [1.29, 1.82) is 0 Å². The zero-order chi connectivity index (χ0) is 23.2. The summed E-state index contributed by atoms with van der Waals surface area (Å²) in [5.41, 5.74) is 3.61. The highest BCUT2D eigenvalue weighted by Crippen LogP contribution is 2.31. The smallest absolute Gasteiger partial charge is 0.317 e. The van der Waals surface area contributed by atoms with Gasteiger partial charge in [0.1, 0.15) is 11.8 Å². The van der Waals surface area contributed by atoms with Crippen molar-refractivity contribution >= 4 is 17.6 Å². The first-order valence-corrected chi connectivity index (χ1v) is 11.3. The molecule has 4 rings (SSSR count). The lowest BCUT2D eigenvalue weighted by Crippen LogP contribution is -2.34. The summed E-state index contributed by atoms with van der Waals surface area (Å²) >= 11 is 6.61. The van der Waals surface area contributed by atoms with E-state index in [0.717, 1.165) is 42.1 Å². The molecule has 0 atom stereocenters. The number of ether oxygens (including phenoxy) is 2. The molecule has 1 saturated heterocycles. The van der Waals surface area contributed by atoms with Crippen LogP contribution in [0.3, 0.4) is 0 Å². The fourth-order valence-electron chi connectivity index (χ4n) is 3.70. The van der Waals surface area contributed by atoms with E-state index in [1.54, 1.807) is 16.7 Å². The number of carbonyl (C=O) groups is 1. The van der Waals surface area contributed by atoms with Gasteiger partial charge in [0.2, 0.25) is 0 Å². The second-order valence-electron chi connectivity index (χ2n) is 7.77. The van der Waals surface area contributed by atoms with Gasteiger partial charge in [-0.1, -0.05) is 35.9 Å². The van der Waals surface area contributed by atoms with Crippen LogP contribution in [0.2, 0.25) is 5.15 Å². The second kappa shape index (κ2) is 10.6. The van der Waals surface area contributed by atoms with Crippen LogP contribution in [0.4, 0.5) is 4.79 Å². The lowest BCUT2D eigenvalue weighted by molar-refractivity contribution is 0.217. The zero-order valence-corrected chi connectivity index (χ0v) is 19.6. The van der Waals surface area contributed by atoms with Crippen molar-refractivity contribution < 1.29 is 14.3 Å². The molecule has 0 saturated carbocycles. The average molecular weight is 470 g/mol. The maximum atomic E-state index is 11.6. The van der Waals surface area contributed by atoms with Crippen molar-refractivity contribution in [3.05, 3.63) is 70.5 Å². The van der Waals surface area contributed by atoms with Gasteiger partial charge in [0.15, 0.2) is 11.5 Å². The zero-order valence-electron chi connectivity index (χ0n) is 18.8. The van der Waals surface area contributed by atoms with Crippen molar-refractivity contribution in [2.75, 3.05) is 33.3 Å². The molecule has 3 aromatic rings. The number of hydrogen-bond acceptors (Lipinski definition) is 5. The molecule has 8 nitrogen and oxygen atoms in total. The number of rotatable bonds is 10. The molecule has 2 heterocycles. The minimum Gasteiger partial charge on any atom is -0.493 e. The number of halogens is 1. The Labute approximate surface area is 198 Å². The van der Waals surface area contributed by atoms with Gasteiger partial charge in [0, 0.05) is 38.3 Å². The lowest BCUT2D eigenvalue weighted by Gasteiger charge is -2.15. The Morgan fingerprint density at radius 1 is 1.18 bits per heavy atom. The molecule has 174 valence electrons. The van der Waals surface area contributed by atoms with Gasteiger partial charge in [-0.2, -0.15) is 5.10 Å². The van der Waals surface area contributed by atoms with E-state index in [2.05, 4.69) is 15.7 Å². The predicted octanol–water partition coefficient (Wildman–Crippen LogP) is 3.54. The first kappa shape index (κ1) is 22.9. The molecule has 0 bridgehead atoms. The molecule has 9 heteroatoms. The summed E-state index contributed by atoms with van der Waals surface area (Å²) in [6, 6.07) is 15.6. The van der Waals surface area contributed by atoms with Crippen LogP contribution in [0.25, 0.3) is 5.69 Å². The van der Waals surface area contributed by atoms with E-state index in [1.165, 1.54) is 0 Å². The van der Waals surface area contributed by atoms with Crippen molar-refractivity contribution in [3.8, 4) is 17.2 Å². The van der Waals surface area contributed by atoms with Crippen LogP contribution in [0, 0.1) is 6.92 Å². The van der Waals surface area contributed by atoms with Gasteiger partial charge in [-0.25, -0.2) is 9.48 Å². The number of amides is 2. The maximum Gasteiger partial charge on any atom is 0.317 e. The fourth-order valence-corrected chi connectivity index (χ4v) is 4.02. The van der Waals surface area contributed by atoms with Crippen molar-refractivity contribution in [1.82, 2.24) is 25.3 Å². The fraction of sp³-hybridized carbons (Fsp3) is 0.333. The van der Waals surface area contributed by atoms with E-state index < -0.39 is 0 Å². The Kier molecular flexibility index (Phi) is 7.36. The number of nitrogens with zero attached hydrogens (tertiary/aromatic N) is 3. The van der Waals surface area contributed by atoms with E-state index in [9.17, 15) is 4.79 Å². The second-order valence-corrected chi connectivity index (χ2v) is 8.13. The van der Waals surface area contributed by atoms with E-state index in [-0.39, 0.29) is 12.6 Å². The molecule has 1 fully saturated rings. The van der Waals surface area contributed by atoms with Crippen molar-refractivity contribution in [2.45, 2.75) is 20.1 Å². The van der Waals surface area contributed by atoms with E-state index in [1.807, 2.05) is 55.5 Å². The average Bonchev–Trinajstić information content (AvgIpc) is 3.37. The van der Waals surface area contributed by atoms with Crippen molar-refractivity contribution in [3.63, 3.8) is 0 Å². The van der Waals surface area contributed by atoms with E-state index in [0.29, 0.717) is 29.7 Å². The summed E-state index contributed by atoms with van der Waals surface area (Å²) in [5, 5.41) is 11.3. The number of carbonyl (C=O) groups excluding carboxylic acids is 1. The molecular weight excluding hydrogens is 442 g/mol. The minimum absolute atomic E-state index is 0.00428. The van der Waals surface area contributed by atoms with Crippen LogP contribution in [0.15, 0.2) is 48.5 Å². The number of aromatic nitrogens is 2. The highest BCUT2D eigenvalue weighted by Gasteiger charge is 2.18. The minimum atomic E-state index is 0.00428. The third-order valence-electron chi connectivity index (χ3n) is 5.56. The van der Waals surface area contributed by atoms with Crippen LogP contribution in [0.5, 0.6) is 11.5 Å². The standard InChI is InChI=1S/C24H28ClN5O3/c1-17-20(23(25)30(28-17)19-6-4-3-5-7-19)16-33-21-9-8-18(14-22(21)32-2)15-26-10-12-29-13-11-27-24(29)31/h3-9,14,26H,10-13,15-16H2,1-2H3,(H,27,31). The van der Waals surface area contributed by atoms with Gasteiger partial charge >= 0.3 is 6.03 Å². The molecule has 0 radical (unpaired) electrons. The van der Waals surface area contributed by atoms with Gasteiger partial charge in [-0.05, 0) is 36.8 Å². The van der Waals surface area contributed by atoms with E-state index >= 15 is 0 Å². The molecule has 0 spiro atoms. The topological polar surface area (TPSA) is 80.7 Å². The molecule has 1 aliphatic heterocycles. The third kappa shape index (κ3) is 5.40. The lowest BCUT2D eigenvalue weighted by atomic mass is 10.2. The van der Waals surface area contributed by atoms with Gasteiger partial charge in [-0.3, -0.25) is 0 Å².